The van der Waals surface area contributed by atoms with Crippen molar-refractivity contribution < 1.29 is 13.5 Å². The van der Waals surface area contributed by atoms with Crippen LogP contribution in [0.4, 0.5) is 8.78 Å². The monoisotopic (exact) mass is 281 g/mol. The van der Waals surface area contributed by atoms with E-state index < -0.39 is 11.6 Å². The van der Waals surface area contributed by atoms with E-state index in [4.69, 9.17) is 10.5 Å². The van der Waals surface area contributed by atoms with Crippen molar-refractivity contribution in [2.45, 2.75) is 11.4 Å². The van der Waals surface area contributed by atoms with Crippen LogP contribution in [0.1, 0.15) is 5.56 Å². The van der Waals surface area contributed by atoms with Gasteiger partial charge in [0.25, 0.3) is 0 Å². The molecule has 2 nitrogen and oxygen atoms in total. The minimum atomic E-state index is -1.000. The van der Waals surface area contributed by atoms with Crippen LogP contribution in [0.3, 0.4) is 0 Å². The van der Waals surface area contributed by atoms with Crippen molar-refractivity contribution in [3.05, 3.63) is 53.6 Å². The van der Waals surface area contributed by atoms with E-state index in [-0.39, 0.29) is 12.3 Å². The van der Waals surface area contributed by atoms with Crippen LogP contribution in [0.5, 0.6) is 11.5 Å². The Balaban J connectivity index is 2.41. The molecule has 19 heavy (non-hydrogen) atoms. The zero-order valence-corrected chi connectivity index (χ0v) is 11.1. The number of ether oxygens (including phenoxy) is 1. The first-order chi connectivity index (χ1) is 9.17. The number of halogens is 2. The van der Waals surface area contributed by atoms with Gasteiger partial charge in [-0.3, -0.25) is 0 Å². The summed E-state index contributed by atoms with van der Waals surface area (Å²) in [4.78, 5) is 0.955. The van der Waals surface area contributed by atoms with Crippen molar-refractivity contribution in [3.8, 4) is 11.5 Å². The average molecular weight is 281 g/mol. The molecule has 0 atom stereocenters. The molecule has 0 aliphatic heterocycles. The van der Waals surface area contributed by atoms with Crippen LogP contribution in [-0.4, -0.2) is 6.26 Å². The van der Waals surface area contributed by atoms with Gasteiger partial charge in [-0.05, 0) is 30.5 Å². The highest BCUT2D eigenvalue weighted by atomic mass is 32.2. The maximum atomic E-state index is 13.6. The van der Waals surface area contributed by atoms with Gasteiger partial charge in [0.2, 0.25) is 5.82 Å². The van der Waals surface area contributed by atoms with Gasteiger partial charge < -0.3 is 10.5 Å². The second-order valence-electron chi connectivity index (χ2n) is 3.80. The van der Waals surface area contributed by atoms with E-state index in [1.165, 1.54) is 23.9 Å². The molecule has 0 unspecified atom stereocenters. The molecule has 0 saturated carbocycles. The first-order valence-electron chi connectivity index (χ1n) is 5.65. The minimum Gasteiger partial charge on any atom is -0.454 e. The molecule has 100 valence electrons. The second kappa shape index (κ2) is 6.04. The number of nitrogens with two attached hydrogens (primary N) is 1. The van der Waals surface area contributed by atoms with Gasteiger partial charge in [0.05, 0.1) is 0 Å². The van der Waals surface area contributed by atoms with Crippen LogP contribution in [0, 0.1) is 11.6 Å². The lowest BCUT2D eigenvalue weighted by molar-refractivity contribution is 0.412. The van der Waals surface area contributed by atoms with Gasteiger partial charge in [-0.25, -0.2) is 4.39 Å². The summed E-state index contributed by atoms with van der Waals surface area (Å²) in [5, 5.41) is 0. The number of thioether (sulfide) groups is 1. The summed E-state index contributed by atoms with van der Waals surface area (Å²) >= 11 is 1.52. The Hall–Kier alpha value is -1.59. The van der Waals surface area contributed by atoms with E-state index in [0.29, 0.717) is 5.75 Å². The van der Waals surface area contributed by atoms with Crippen LogP contribution in [-0.2, 0) is 6.54 Å². The molecule has 5 heteroatoms. The van der Waals surface area contributed by atoms with Crippen molar-refractivity contribution in [1.82, 2.24) is 0 Å². The Morgan fingerprint density at radius 3 is 2.47 bits per heavy atom. The van der Waals surface area contributed by atoms with E-state index >= 15 is 0 Å². The quantitative estimate of drug-likeness (QED) is 0.862. The summed E-state index contributed by atoms with van der Waals surface area (Å²) in [5.74, 6) is -1.64. The van der Waals surface area contributed by atoms with E-state index in [0.717, 1.165) is 16.5 Å². The third-order valence-corrected chi connectivity index (χ3v) is 3.47. The van der Waals surface area contributed by atoms with Crippen LogP contribution >= 0.6 is 11.8 Å². The summed E-state index contributed by atoms with van der Waals surface area (Å²) in [6, 6.07) is 9.20. The average Bonchev–Trinajstić information content (AvgIpc) is 2.43. The second-order valence-corrected chi connectivity index (χ2v) is 4.64. The lowest BCUT2D eigenvalue weighted by atomic mass is 10.2. The van der Waals surface area contributed by atoms with Gasteiger partial charge in [0.15, 0.2) is 11.6 Å². The Labute approximate surface area is 114 Å². The third kappa shape index (κ3) is 2.88. The number of benzene rings is 2. The molecule has 0 fully saturated rings. The predicted octanol–water partition coefficient (Wildman–Crippen LogP) is 3.94. The van der Waals surface area contributed by atoms with Crippen molar-refractivity contribution >= 4 is 11.8 Å². The van der Waals surface area contributed by atoms with Crippen LogP contribution in [0.25, 0.3) is 0 Å². The molecule has 0 amide bonds. The highest BCUT2D eigenvalue weighted by Crippen LogP contribution is 2.33. The molecule has 0 radical (unpaired) electrons. The Kier molecular flexibility index (Phi) is 4.39. The Morgan fingerprint density at radius 2 is 1.79 bits per heavy atom. The van der Waals surface area contributed by atoms with E-state index in [2.05, 4.69) is 0 Å². The van der Waals surface area contributed by atoms with Crippen molar-refractivity contribution in [1.29, 1.82) is 0 Å². The van der Waals surface area contributed by atoms with Gasteiger partial charge in [0.1, 0.15) is 5.75 Å². The first kappa shape index (κ1) is 13.8. The minimum absolute atomic E-state index is 0.145. The normalized spacial score (nSPS) is 10.5. The maximum absolute atomic E-state index is 13.6. The van der Waals surface area contributed by atoms with Crippen molar-refractivity contribution in [2.75, 3.05) is 6.26 Å². The molecule has 2 rings (SSSR count). The van der Waals surface area contributed by atoms with Gasteiger partial charge in [-0.15, -0.1) is 11.8 Å². The molecule has 0 aliphatic carbocycles. The summed E-state index contributed by atoms with van der Waals surface area (Å²) < 4.78 is 32.1. The molecule has 0 saturated heterocycles. The van der Waals surface area contributed by atoms with Gasteiger partial charge in [0, 0.05) is 17.0 Å². The summed E-state index contributed by atoms with van der Waals surface area (Å²) in [6.45, 7) is 0.267. The predicted molar refractivity (Wildman–Crippen MR) is 72.5 cm³/mol. The SMILES string of the molecule is CSc1cccc(Oc2cccc(F)c2F)c1CN. The van der Waals surface area contributed by atoms with Gasteiger partial charge in [-0.2, -0.15) is 4.39 Å². The zero-order valence-electron chi connectivity index (χ0n) is 10.3. The fourth-order valence-electron chi connectivity index (χ4n) is 1.71. The lowest BCUT2D eigenvalue weighted by Gasteiger charge is -2.13. The standard InChI is InChI=1S/C14H13F2NOS/c1-19-13-7-3-5-11(9(13)8-17)18-12-6-2-4-10(15)14(12)16/h2-7H,8,17H2,1H3. The molecular weight excluding hydrogens is 268 g/mol. The molecule has 0 heterocycles. The smallest absolute Gasteiger partial charge is 0.201 e. The number of rotatable bonds is 4. The molecule has 0 aromatic heterocycles. The molecule has 0 spiro atoms. The Morgan fingerprint density at radius 1 is 1.11 bits per heavy atom. The lowest BCUT2D eigenvalue weighted by Crippen LogP contribution is -2.02. The number of hydrogen-bond donors (Lipinski definition) is 1. The van der Waals surface area contributed by atoms with Crippen LogP contribution in [0.15, 0.2) is 41.3 Å². The molecule has 0 aliphatic rings. The fourth-order valence-corrected chi connectivity index (χ4v) is 2.36. The number of hydrogen-bond acceptors (Lipinski definition) is 3. The molecule has 2 aromatic rings. The molecule has 2 N–H and O–H groups in total. The summed E-state index contributed by atoms with van der Waals surface area (Å²) in [7, 11) is 0. The van der Waals surface area contributed by atoms with Gasteiger partial charge in [-0.1, -0.05) is 12.1 Å². The highest BCUT2D eigenvalue weighted by molar-refractivity contribution is 7.98. The third-order valence-electron chi connectivity index (χ3n) is 2.65. The zero-order chi connectivity index (χ0) is 13.8. The van der Waals surface area contributed by atoms with E-state index in [1.54, 1.807) is 12.1 Å². The molecular formula is C14H13F2NOS. The maximum Gasteiger partial charge on any atom is 0.201 e. The van der Waals surface area contributed by atoms with Gasteiger partial charge >= 0.3 is 0 Å². The molecule has 2 aromatic carbocycles. The summed E-state index contributed by atoms with van der Waals surface area (Å²) in [5.41, 5.74) is 6.46. The highest BCUT2D eigenvalue weighted by Gasteiger charge is 2.13. The molecule has 0 bridgehead atoms. The van der Waals surface area contributed by atoms with Crippen molar-refractivity contribution in [2.24, 2.45) is 5.73 Å². The first-order valence-corrected chi connectivity index (χ1v) is 6.87. The summed E-state index contributed by atoms with van der Waals surface area (Å²) in [6.07, 6.45) is 1.92. The topological polar surface area (TPSA) is 35.2 Å². The van der Waals surface area contributed by atoms with Crippen LogP contribution in [0.2, 0.25) is 0 Å². The van der Waals surface area contributed by atoms with E-state index in [1.807, 2.05) is 12.3 Å². The fraction of sp³-hybridized carbons (Fsp3) is 0.143. The van der Waals surface area contributed by atoms with Crippen LogP contribution < -0.4 is 10.5 Å². The Bertz CT molecular complexity index is 590. The largest absolute Gasteiger partial charge is 0.454 e. The van der Waals surface area contributed by atoms with Crippen molar-refractivity contribution in [3.63, 3.8) is 0 Å². The van der Waals surface area contributed by atoms with E-state index in [9.17, 15) is 8.78 Å².